The highest BCUT2D eigenvalue weighted by molar-refractivity contribution is 5.97. The third kappa shape index (κ3) is 4.78. The molecule has 0 spiro atoms. The van der Waals surface area contributed by atoms with E-state index >= 15 is 0 Å². The van der Waals surface area contributed by atoms with Crippen molar-refractivity contribution in [2.45, 2.75) is 25.0 Å². The van der Waals surface area contributed by atoms with Gasteiger partial charge in [0, 0.05) is 31.3 Å². The molecule has 3 aromatic rings. The van der Waals surface area contributed by atoms with Gasteiger partial charge in [-0.05, 0) is 18.6 Å². The molecule has 1 aliphatic heterocycles. The number of fused-ring (bicyclic) bond motifs is 1. The SMILES string of the molecule is O=C(c1ccccc1OC(F)(F)C(F)F)N1CC[C@@H](Nc2cnc3cc(F)c(F)cc3n2)C1. The number of carbonyl (C=O) groups is 1. The van der Waals surface area contributed by atoms with Crippen molar-refractivity contribution in [1.29, 1.82) is 0 Å². The second-order valence-corrected chi connectivity index (χ2v) is 7.35. The summed E-state index contributed by atoms with van der Waals surface area (Å²) in [6, 6.07) is 6.45. The minimum Gasteiger partial charge on any atom is -0.427 e. The number of benzene rings is 2. The lowest BCUT2D eigenvalue weighted by Crippen LogP contribution is -2.35. The van der Waals surface area contributed by atoms with E-state index < -0.39 is 35.8 Å². The largest absolute Gasteiger partial charge is 0.461 e. The van der Waals surface area contributed by atoms with Crippen LogP contribution in [0.15, 0.2) is 42.6 Å². The van der Waals surface area contributed by atoms with E-state index in [1.807, 2.05) is 0 Å². The molecule has 0 radical (unpaired) electrons. The molecule has 4 rings (SSSR count). The maximum atomic E-state index is 13.5. The highest BCUT2D eigenvalue weighted by Crippen LogP contribution is 2.31. The number of hydrogen-bond acceptors (Lipinski definition) is 5. The fraction of sp³-hybridized carbons (Fsp3) is 0.286. The molecule has 1 aromatic heterocycles. The second-order valence-electron chi connectivity index (χ2n) is 7.35. The Morgan fingerprint density at radius 2 is 1.85 bits per heavy atom. The van der Waals surface area contributed by atoms with E-state index in [1.165, 1.54) is 29.3 Å². The molecule has 33 heavy (non-hydrogen) atoms. The number of para-hydroxylation sites is 1. The van der Waals surface area contributed by atoms with Crippen LogP contribution in [0.4, 0.5) is 32.2 Å². The highest BCUT2D eigenvalue weighted by atomic mass is 19.3. The second kappa shape index (κ2) is 8.75. The van der Waals surface area contributed by atoms with Gasteiger partial charge in [0.25, 0.3) is 5.91 Å². The van der Waals surface area contributed by atoms with Gasteiger partial charge in [-0.3, -0.25) is 9.78 Å². The number of rotatable bonds is 6. The van der Waals surface area contributed by atoms with Crippen molar-refractivity contribution in [3.05, 3.63) is 59.8 Å². The van der Waals surface area contributed by atoms with Gasteiger partial charge in [-0.2, -0.15) is 17.6 Å². The zero-order valence-corrected chi connectivity index (χ0v) is 16.7. The lowest BCUT2D eigenvalue weighted by Gasteiger charge is -2.21. The number of hydrogen-bond donors (Lipinski definition) is 1. The van der Waals surface area contributed by atoms with Crippen LogP contribution in [-0.2, 0) is 0 Å². The van der Waals surface area contributed by atoms with Crippen LogP contribution >= 0.6 is 0 Å². The van der Waals surface area contributed by atoms with E-state index in [0.717, 1.165) is 18.2 Å². The minimum atomic E-state index is -4.75. The van der Waals surface area contributed by atoms with Crippen molar-refractivity contribution in [3.63, 3.8) is 0 Å². The standard InChI is InChI=1S/C21H16F6N4O2/c22-13-7-15-16(8-14(13)23)30-18(9-28-15)29-11-5-6-31(10-11)19(32)12-3-1-2-4-17(12)33-21(26,27)20(24)25/h1-4,7-9,11,20H,5-6,10H2,(H,29,30)/t11-/m1/s1. The molecule has 1 atom stereocenters. The number of likely N-dealkylation sites (tertiary alicyclic amines) is 1. The number of carbonyl (C=O) groups excluding carboxylic acids is 1. The van der Waals surface area contributed by atoms with E-state index in [0.29, 0.717) is 6.42 Å². The van der Waals surface area contributed by atoms with Crippen LogP contribution in [0.1, 0.15) is 16.8 Å². The quantitative estimate of drug-likeness (QED) is 0.539. The Bertz CT molecular complexity index is 1190. The van der Waals surface area contributed by atoms with Crippen LogP contribution in [0.25, 0.3) is 11.0 Å². The van der Waals surface area contributed by atoms with Gasteiger partial charge in [-0.15, -0.1) is 0 Å². The van der Waals surface area contributed by atoms with Gasteiger partial charge >= 0.3 is 12.5 Å². The zero-order chi connectivity index (χ0) is 23.8. The normalized spacial score (nSPS) is 16.5. The van der Waals surface area contributed by atoms with Gasteiger partial charge in [0.15, 0.2) is 11.6 Å². The summed E-state index contributed by atoms with van der Waals surface area (Å²) in [4.78, 5) is 22.4. The first-order chi connectivity index (χ1) is 15.6. The third-order valence-electron chi connectivity index (χ3n) is 5.03. The summed E-state index contributed by atoms with van der Waals surface area (Å²) in [5, 5.41) is 3.04. The molecule has 0 saturated carbocycles. The Balaban J connectivity index is 1.46. The van der Waals surface area contributed by atoms with Crippen molar-refractivity contribution in [1.82, 2.24) is 14.9 Å². The van der Waals surface area contributed by atoms with Crippen molar-refractivity contribution >= 4 is 22.8 Å². The number of anilines is 1. The number of halogens is 6. The molecule has 1 aliphatic rings. The minimum absolute atomic E-state index is 0.135. The van der Waals surface area contributed by atoms with Gasteiger partial charge in [-0.1, -0.05) is 12.1 Å². The smallest absolute Gasteiger partial charge is 0.427 e. The van der Waals surface area contributed by atoms with E-state index in [-0.39, 0.29) is 41.5 Å². The third-order valence-corrected chi connectivity index (χ3v) is 5.03. The first-order valence-electron chi connectivity index (χ1n) is 9.75. The number of ether oxygens (including phenoxy) is 1. The summed E-state index contributed by atoms with van der Waals surface area (Å²) in [7, 11) is 0. The summed E-state index contributed by atoms with van der Waals surface area (Å²) in [6.45, 7) is 0.396. The Morgan fingerprint density at radius 1 is 1.15 bits per heavy atom. The molecule has 174 valence electrons. The predicted molar refractivity (Wildman–Crippen MR) is 105 cm³/mol. The predicted octanol–water partition coefficient (Wildman–Crippen LogP) is 4.47. The van der Waals surface area contributed by atoms with E-state index in [4.69, 9.17) is 0 Å². The summed E-state index contributed by atoms with van der Waals surface area (Å²) in [6.07, 6.45) is -7.02. The molecule has 1 fully saturated rings. The Hall–Kier alpha value is -3.57. The van der Waals surface area contributed by atoms with Gasteiger partial charge in [-0.25, -0.2) is 13.8 Å². The van der Waals surface area contributed by atoms with E-state index in [1.54, 1.807) is 0 Å². The van der Waals surface area contributed by atoms with Gasteiger partial charge in [0.05, 0.1) is 22.8 Å². The number of nitrogens with zero attached hydrogens (tertiary/aromatic N) is 3. The fourth-order valence-corrected chi connectivity index (χ4v) is 3.44. The van der Waals surface area contributed by atoms with Crippen LogP contribution in [0.5, 0.6) is 5.75 Å². The zero-order valence-electron chi connectivity index (χ0n) is 16.7. The molecule has 12 heteroatoms. The van der Waals surface area contributed by atoms with Gasteiger partial charge in [0.1, 0.15) is 11.6 Å². The van der Waals surface area contributed by atoms with Gasteiger partial charge in [0.2, 0.25) is 0 Å². The average Bonchev–Trinajstić information content (AvgIpc) is 3.23. The molecule has 2 aromatic carbocycles. The van der Waals surface area contributed by atoms with Crippen molar-refractivity contribution in [2.75, 3.05) is 18.4 Å². The van der Waals surface area contributed by atoms with Crippen molar-refractivity contribution < 1.29 is 35.9 Å². The lowest BCUT2D eigenvalue weighted by molar-refractivity contribution is -0.253. The summed E-state index contributed by atoms with van der Waals surface area (Å²) < 4.78 is 82.6. The van der Waals surface area contributed by atoms with E-state index in [9.17, 15) is 31.1 Å². The van der Waals surface area contributed by atoms with Crippen LogP contribution in [-0.4, -0.2) is 52.4 Å². The molecule has 1 N–H and O–H groups in total. The first-order valence-corrected chi connectivity index (χ1v) is 9.75. The van der Waals surface area contributed by atoms with Crippen molar-refractivity contribution in [2.24, 2.45) is 0 Å². The Kier molecular flexibility index (Phi) is 6.00. The molecule has 1 amide bonds. The van der Waals surface area contributed by atoms with Crippen LogP contribution in [0.2, 0.25) is 0 Å². The summed E-state index contributed by atoms with van der Waals surface area (Å²) >= 11 is 0. The summed E-state index contributed by atoms with van der Waals surface area (Å²) in [5.41, 5.74) is 0.0252. The first kappa shape index (κ1) is 22.6. The van der Waals surface area contributed by atoms with E-state index in [2.05, 4.69) is 20.0 Å². The molecule has 0 bridgehead atoms. The highest BCUT2D eigenvalue weighted by Gasteiger charge is 2.45. The maximum absolute atomic E-state index is 13.5. The number of aromatic nitrogens is 2. The molecular formula is C21H16F6N4O2. The molecule has 0 aliphatic carbocycles. The Morgan fingerprint density at radius 3 is 2.58 bits per heavy atom. The van der Waals surface area contributed by atoms with Crippen LogP contribution < -0.4 is 10.1 Å². The molecule has 0 unspecified atom stereocenters. The summed E-state index contributed by atoms with van der Waals surface area (Å²) in [5.74, 6) is -3.16. The van der Waals surface area contributed by atoms with Crippen LogP contribution in [0, 0.1) is 11.6 Å². The number of amides is 1. The van der Waals surface area contributed by atoms with Gasteiger partial charge < -0.3 is 15.0 Å². The molecule has 1 saturated heterocycles. The average molecular weight is 470 g/mol. The molecular weight excluding hydrogens is 454 g/mol. The Labute approximate surface area is 183 Å². The monoisotopic (exact) mass is 470 g/mol. The maximum Gasteiger partial charge on any atom is 0.461 e. The molecule has 2 heterocycles. The fourth-order valence-electron chi connectivity index (χ4n) is 3.44. The van der Waals surface area contributed by atoms with Crippen molar-refractivity contribution in [3.8, 4) is 5.75 Å². The topological polar surface area (TPSA) is 67.3 Å². The molecule has 6 nitrogen and oxygen atoms in total. The van der Waals surface area contributed by atoms with Crippen LogP contribution in [0.3, 0.4) is 0 Å². The number of nitrogens with one attached hydrogen (secondary N) is 1. The lowest BCUT2D eigenvalue weighted by atomic mass is 10.1. The number of alkyl halides is 4.